The molecule has 72 heavy (non-hydrogen) atoms. The predicted molar refractivity (Wildman–Crippen MR) is 179 cm³/mol. The highest BCUT2D eigenvalue weighted by Crippen LogP contribution is 2.58. The standard InChI is InChI=1S/C20H15F15O5.C16H14F12O4/c1-4-38-9(3)39-12-6-10(14(37,17(24,25)26)18(27,28)29)5-11(7-12)15(19(30,31)32,20(33,34)35)40-13(36)8(2)16(21,22)23;1-3-31-7(2)32-10-5-8(11(29,13(17,18)19)14(20,21)22)4-9(6-10)12(30,15(23,24)25)16(26,27)28/h5-7,9,37H,2,4H2,1,3H3;4-7,29-30H,3H2,1-2H3. The number of esters is 1. The number of carbonyl (C=O) groups excluding carboxylic acids is 1. The molecule has 0 aliphatic heterocycles. The average molecular weight is 1120 g/mol. The van der Waals surface area contributed by atoms with Gasteiger partial charge in [-0.25, -0.2) is 4.79 Å². The Labute approximate surface area is 382 Å². The zero-order valence-corrected chi connectivity index (χ0v) is 35.2. The largest absolute Gasteiger partial charge is 0.465 e. The van der Waals surface area contributed by atoms with Gasteiger partial charge in [-0.3, -0.25) is 0 Å². The monoisotopic (exact) mass is 1120 g/mol. The van der Waals surface area contributed by atoms with E-state index >= 15 is 0 Å². The van der Waals surface area contributed by atoms with Gasteiger partial charge in [0, 0.05) is 35.5 Å². The van der Waals surface area contributed by atoms with Crippen molar-refractivity contribution in [3.05, 3.63) is 70.8 Å². The molecule has 2 rings (SSSR count). The summed E-state index contributed by atoms with van der Waals surface area (Å²) in [6, 6.07) is -3.56. The molecule has 0 fully saturated rings. The molecule has 0 aromatic heterocycles. The van der Waals surface area contributed by atoms with E-state index in [1.807, 2.05) is 6.58 Å². The summed E-state index contributed by atoms with van der Waals surface area (Å²) >= 11 is 0. The lowest BCUT2D eigenvalue weighted by Crippen LogP contribution is -2.58. The van der Waals surface area contributed by atoms with Crippen LogP contribution in [-0.4, -0.2) is 103 Å². The molecular weight excluding hydrogens is 1090 g/mol. The van der Waals surface area contributed by atoms with E-state index in [1.54, 1.807) is 0 Å². The summed E-state index contributed by atoms with van der Waals surface area (Å²) in [5.74, 6) is -6.54. The third-order valence-corrected chi connectivity index (χ3v) is 8.97. The Balaban J connectivity index is 0.000000738. The Kier molecular flexibility index (Phi) is 18.8. The van der Waals surface area contributed by atoms with Gasteiger partial charge in [-0.15, -0.1) is 0 Å². The molecule has 2 atom stereocenters. The summed E-state index contributed by atoms with van der Waals surface area (Å²) in [5, 5.41) is 28.5. The average Bonchev–Trinajstić information content (AvgIpc) is 3.14. The summed E-state index contributed by atoms with van der Waals surface area (Å²) in [4.78, 5) is 11.7. The fourth-order valence-corrected chi connectivity index (χ4v) is 5.53. The van der Waals surface area contributed by atoms with Crippen molar-refractivity contribution in [3.63, 3.8) is 0 Å². The molecule has 0 heterocycles. The molecule has 36 heteroatoms. The van der Waals surface area contributed by atoms with Crippen LogP contribution in [0.15, 0.2) is 48.6 Å². The van der Waals surface area contributed by atoms with Gasteiger partial charge in [-0.05, 0) is 64.1 Å². The van der Waals surface area contributed by atoms with Crippen LogP contribution in [0.2, 0.25) is 0 Å². The molecule has 2 unspecified atom stereocenters. The first kappa shape index (κ1) is 65.2. The SMILES string of the molecule is C=C(C(=O)OC(c1cc(OC(C)OCC)cc(C(O)(C(F)(F)F)C(F)(F)F)c1)(C(F)(F)F)C(F)(F)F)C(F)(F)F.CCOC(C)Oc1cc(C(O)(C(F)(F)F)C(F)(F)F)cc(C(O)(C(F)(F)F)C(F)(F)F)c1. The number of carbonyl (C=O) groups is 1. The van der Waals surface area contributed by atoms with Gasteiger partial charge in [-0.1, -0.05) is 6.58 Å². The number of rotatable bonds is 14. The van der Waals surface area contributed by atoms with Crippen molar-refractivity contribution in [2.45, 2.75) is 118 Å². The lowest BCUT2D eigenvalue weighted by Gasteiger charge is -2.38. The van der Waals surface area contributed by atoms with E-state index in [1.165, 1.54) is 13.8 Å². The number of ether oxygens (including phenoxy) is 5. The maximum Gasteiger partial charge on any atom is 0.442 e. The van der Waals surface area contributed by atoms with E-state index in [9.17, 15) is 139 Å². The van der Waals surface area contributed by atoms with E-state index in [-0.39, 0.29) is 25.3 Å². The van der Waals surface area contributed by atoms with Crippen molar-refractivity contribution < 1.29 is 162 Å². The van der Waals surface area contributed by atoms with Crippen LogP contribution in [0.4, 0.5) is 119 Å². The van der Waals surface area contributed by atoms with Gasteiger partial charge in [0.1, 0.15) is 17.1 Å². The smallest absolute Gasteiger partial charge is 0.442 e. The molecule has 0 radical (unpaired) electrons. The highest BCUT2D eigenvalue weighted by molar-refractivity contribution is 5.89. The zero-order chi connectivity index (χ0) is 57.5. The molecule has 0 aliphatic rings. The minimum absolute atomic E-state index is 0.183. The minimum Gasteiger partial charge on any atom is -0.465 e. The molecule has 0 spiro atoms. The molecule has 416 valence electrons. The quantitative estimate of drug-likeness (QED) is 0.0734. The summed E-state index contributed by atoms with van der Waals surface area (Å²) < 4.78 is 383. The molecule has 0 amide bonds. The number of halogens is 27. The van der Waals surface area contributed by atoms with Crippen LogP contribution in [0.25, 0.3) is 0 Å². The first-order chi connectivity index (χ1) is 31.6. The van der Waals surface area contributed by atoms with E-state index in [2.05, 4.69) is 14.2 Å². The maximum absolute atomic E-state index is 14.0. The summed E-state index contributed by atoms with van der Waals surface area (Å²) in [6.45, 7) is 5.82. The Morgan fingerprint density at radius 3 is 0.889 bits per heavy atom. The topological polar surface area (TPSA) is 124 Å². The van der Waals surface area contributed by atoms with E-state index in [4.69, 9.17) is 9.47 Å². The van der Waals surface area contributed by atoms with E-state index in [0.717, 1.165) is 13.8 Å². The third kappa shape index (κ3) is 12.9. The second-order valence-electron chi connectivity index (χ2n) is 13.9. The normalized spacial score (nSPS) is 15.3. The fourth-order valence-electron chi connectivity index (χ4n) is 5.53. The highest BCUT2D eigenvalue weighted by atomic mass is 19.5. The van der Waals surface area contributed by atoms with Crippen LogP contribution in [0.1, 0.15) is 49.9 Å². The van der Waals surface area contributed by atoms with Crippen molar-refractivity contribution in [1.29, 1.82) is 0 Å². The van der Waals surface area contributed by atoms with Crippen molar-refractivity contribution in [3.8, 4) is 11.5 Å². The lowest BCUT2D eigenvalue weighted by molar-refractivity contribution is -0.379. The van der Waals surface area contributed by atoms with Gasteiger partial charge in [0.2, 0.25) is 0 Å². The Bertz CT molecular complexity index is 2060. The molecule has 9 nitrogen and oxygen atoms in total. The van der Waals surface area contributed by atoms with Gasteiger partial charge in [0.25, 0.3) is 16.8 Å². The van der Waals surface area contributed by atoms with Crippen molar-refractivity contribution >= 4 is 5.97 Å². The molecule has 0 aliphatic carbocycles. The number of hydrogen-bond donors (Lipinski definition) is 3. The van der Waals surface area contributed by atoms with Crippen LogP contribution in [-0.2, 0) is 41.4 Å². The molecular formula is C36H29F27O9. The lowest BCUT2D eigenvalue weighted by atomic mass is 9.85. The van der Waals surface area contributed by atoms with Crippen LogP contribution in [0.5, 0.6) is 11.5 Å². The van der Waals surface area contributed by atoms with Gasteiger partial charge in [0.05, 0.1) is 0 Å². The number of aliphatic hydroxyl groups is 3. The van der Waals surface area contributed by atoms with E-state index < -0.39 is 160 Å². The van der Waals surface area contributed by atoms with Gasteiger partial charge in [0.15, 0.2) is 12.6 Å². The van der Waals surface area contributed by atoms with Gasteiger partial charge in [-0.2, -0.15) is 119 Å². The minimum atomic E-state index is -7.11. The Morgan fingerprint density at radius 1 is 0.444 bits per heavy atom. The summed E-state index contributed by atoms with van der Waals surface area (Å²) in [7, 11) is 0. The van der Waals surface area contributed by atoms with Gasteiger partial charge >= 0.3 is 67.2 Å². The van der Waals surface area contributed by atoms with Crippen molar-refractivity contribution in [2.75, 3.05) is 13.2 Å². The van der Waals surface area contributed by atoms with Gasteiger partial charge < -0.3 is 39.0 Å². The Morgan fingerprint density at radius 2 is 0.681 bits per heavy atom. The predicted octanol–water partition coefficient (Wildman–Crippen LogP) is 11.8. The third-order valence-electron chi connectivity index (χ3n) is 8.97. The maximum atomic E-state index is 14.0. The summed E-state index contributed by atoms with van der Waals surface area (Å²) in [6.07, 6.45) is -63.9. The van der Waals surface area contributed by atoms with Crippen LogP contribution in [0.3, 0.4) is 0 Å². The first-order valence-electron chi connectivity index (χ1n) is 18.2. The second kappa shape index (κ2) is 20.8. The highest BCUT2D eigenvalue weighted by Gasteiger charge is 2.78. The van der Waals surface area contributed by atoms with E-state index in [0.29, 0.717) is 0 Å². The molecule has 3 N–H and O–H groups in total. The summed E-state index contributed by atoms with van der Waals surface area (Å²) in [5.41, 5.74) is -38.0. The molecule has 0 saturated heterocycles. The molecule has 2 aromatic carbocycles. The zero-order valence-electron chi connectivity index (χ0n) is 35.2. The van der Waals surface area contributed by atoms with Crippen LogP contribution < -0.4 is 9.47 Å². The van der Waals surface area contributed by atoms with Crippen molar-refractivity contribution in [1.82, 2.24) is 0 Å². The number of alkyl halides is 27. The molecule has 0 bridgehead atoms. The number of hydrogen-bond acceptors (Lipinski definition) is 9. The van der Waals surface area contributed by atoms with Crippen LogP contribution >= 0.6 is 0 Å². The molecule has 2 aromatic rings. The Hall–Kier alpha value is -4.84. The van der Waals surface area contributed by atoms with Crippen LogP contribution in [0, 0.1) is 0 Å². The van der Waals surface area contributed by atoms with Crippen molar-refractivity contribution in [2.24, 2.45) is 0 Å². The molecule has 0 saturated carbocycles. The second-order valence-corrected chi connectivity index (χ2v) is 13.9. The number of benzene rings is 2. The first-order valence-corrected chi connectivity index (χ1v) is 18.2. The fraction of sp³-hybridized carbons (Fsp3) is 0.583.